The molecule has 4 rings (SSSR count). The van der Waals surface area contributed by atoms with E-state index in [1.54, 1.807) is 11.5 Å². The lowest BCUT2D eigenvalue weighted by molar-refractivity contribution is -0.137. The number of hydrogen-bond donors (Lipinski definition) is 1. The van der Waals surface area contributed by atoms with Gasteiger partial charge >= 0.3 is 12.3 Å². The minimum Gasteiger partial charge on any atom is -0.465 e. The summed E-state index contributed by atoms with van der Waals surface area (Å²) in [5.41, 5.74) is -1.14. The summed E-state index contributed by atoms with van der Waals surface area (Å²) in [5.74, 6) is -0.0566. The van der Waals surface area contributed by atoms with Crippen molar-refractivity contribution >= 4 is 23.6 Å². The first kappa shape index (κ1) is 26.2. The second-order valence-electron chi connectivity index (χ2n) is 10.6. The first-order chi connectivity index (χ1) is 16.7. The molecule has 3 atom stereocenters. The third kappa shape index (κ3) is 4.65. The van der Waals surface area contributed by atoms with Crippen LogP contribution in [-0.4, -0.2) is 60.3 Å². The van der Waals surface area contributed by atoms with E-state index in [-0.39, 0.29) is 41.3 Å². The topological polar surface area (TPSA) is 91.6 Å². The number of piperidine rings is 1. The van der Waals surface area contributed by atoms with Gasteiger partial charge in [-0.2, -0.15) is 13.2 Å². The van der Waals surface area contributed by atoms with Crippen LogP contribution in [-0.2, 0) is 19.3 Å². The van der Waals surface area contributed by atoms with Gasteiger partial charge in [0.2, 0.25) is 5.82 Å². The first-order valence-corrected chi connectivity index (χ1v) is 12.2. The average molecular weight is 528 g/mol. The highest BCUT2D eigenvalue weighted by atomic mass is 35.5. The number of benzene rings is 1. The van der Waals surface area contributed by atoms with Crippen LogP contribution in [0.5, 0.6) is 0 Å². The Kier molecular flexibility index (Phi) is 6.74. The van der Waals surface area contributed by atoms with Crippen LogP contribution >= 0.6 is 11.6 Å². The Morgan fingerprint density at radius 2 is 1.92 bits per heavy atom. The molecule has 0 saturated carbocycles. The summed E-state index contributed by atoms with van der Waals surface area (Å²) < 4.78 is 41.7. The number of rotatable bonds is 3. The van der Waals surface area contributed by atoms with Crippen molar-refractivity contribution < 1.29 is 27.9 Å². The SMILES string of the molecule is CC1Cn2c(nnc2C2CCCN(C(=O)O)C2C(C)(C)C)C(=O)N1Cc1cccc(C(F)(F)F)c1Cl. The maximum absolute atomic E-state index is 13.4. The highest BCUT2D eigenvalue weighted by molar-refractivity contribution is 6.32. The summed E-state index contributed by atoms with van der Waals surface area (Å²) in [5, 5.41) is 17.9. The first-order valence-electron chi connectivity index (χ1n) is 11.8. The Labute approximate surface area is 212 Å². The maximum Gasteiger partial charge on any atom is 0.417 e. The highest BCUT2D eigenvalue weighted by Gasteiger charge is 2.46. The van der Waals surface area contributed by atoms with E-state index in [1.165, 1.54) is 21.9 Å². The van der Waals surface area contributed by atoms with Gasteiger partial charge in [-0.3, -0.25) is 4.79 Å². The minimum atomic E-state index is -4.60. The number of halogens is 4. The van der Waals surface area contributed by atoms with E-state index < -0.39 is 28.8 Å². The number of carboxylic acid groups (broad SMARTS) is 1. The van der Waals surface area contributed by atoms with E-state index in [0.717, 1.165) is 6.07 Å². The summed E-state index contributed by atoms with van der Waals surface area (Å²) in [6.07, 6.45) is -4.23. The molecule has 0 spiro atoms. The fourth-order valence-corrected chi connectivity index (χ4v) is 5.80. The fraction of sp³-hybridized carbons (Fsp3) is 0.583. The van der Waals surface area contributed by atoms with Crippen LogP contribution in [0.15, 0.2) is 18.2 Å². The van der Waals surface area contributed by atoms with E-state index in [4.69, 9.17) is 11.6 Å². The smallest absolute Gasteiger partial charge is 0.417 e. The summed E-state index contributed by atoms with van der Waals surface area (Å²) in [6, 6.07) is 2.92. The lowest BCUT2D eigenvalue weighted by Gasteiger charge is -2.46. The molecule has 3 unspecified atom stereocenters. The van der Waals surface area contributed by atoms with Crippen molar-refractivity contribution in [1.82, 2.24) is 24.6 Å². The third-order valence-electron chi connectivity index (χ3n) is 7.03. The molecule has 1 saturated heterocycles. The molecule has 8 nitrogen and oxygen atoms in total. The summed E-state index contributed by atoms with van der Waals surface area (Å²) in [4.78, 5) is 28.3. The van der Waals surface area contributed by atoms with Crippen LogP contribution in [0.1, 0.15) is 74.0 Å². The van der Waals surface area contributed by atoms with Gasteiger partial charge < -0.3 is 19.5 Å². The number of fused-ring (bicyclic) bond motifs is 1. The van der Waals surface area contributed by atoms with Gasteiger partial charge in [0, 0.05) is 37.6 Å². The average Bonchev–Trinajstić information content (AvgIpc) is 3.19. The predicted octanol–water partition coefficient (Wildman–Crippen LogP) is 5.27. The Morgan fingerprint density at radius 3 is 2.53 bits per heavy atom. The van der Waals surface area contributed by atoms with Gasteiger partial charge in [0.15, 0.2) is 0 Å². The van der Waals surface area contributed by atoms with Crippen LogP contribution < -0.4 is 0 Å². The van der Waals surface area contributed by atoms with Crippen LogP contribution in [0.25, 0.3) is 0 Å². The molecule has 2 amide bonds. The summed E-state index contributed by atoms with van der Waals surface area (Å²) in [6.45, 7) is 8.40. The molecular weight excluding hydrogens is 499 g/mol. The standard InChI is InChI=1S/C24H29ClF3N5O3/c1-13-11-33-19(15-8-6-10-31(22(35)36)18(15)23(2,3)4)29-30-20(33)21(34)32(13)12-14-7-5-9-16(17(14)25)24(26,27)28/h5,7,9,13,15,18H,6,8,10-12H2,1-4H3,(H,35,36). The van der Waals surface area contributed by atoms with Gasteiger partial charge in [0.1, 0.15) is 5.82 Å². The molecule has 3 heterocycles. The molecule has 2 aliphatic rings. The van der Waals surface area contributed by atoms with Crippen LogP contribution in [0, 0.1) is 5.41 Å². The predicted molar refractivity (Wildman–Crippen MR) is 126 cm³/mol. The van der Waals surface area contributed by atoms with Gasteiger partial charge in [0.05, 0.1) is 10.6 Å². The van der Waals surface area contributed by atoms with E-state index in [2.05, 4.69) is 10.2 Å². The quantitative estimate of drug-likeness (QED) is 0.587. The van der Waals surface area contributed by atoms with E-state index in [9.17, 15) is 27.9 Å². The molecular formula is C24H29ClF3N5O3. The van der Waals surface area contributed by atoms with Crippen LogP contribution in [0.2, 0.25) is 5.02 Å². The van der Waals surface area contributed by atoms with E-state index in [0.29, 0.717) is 31.8 Å². The minimum absolute atomic E-state index is 0.0892. The molecule has 1 N–H and O–H groups in total. The Balaban J connectivity index is 1.66. The lowest BCUT2D eigenvalue weighted by Crippen LogP contribution is -2.54. The molecule has 2 aliphatic heterocycles. The van der Waals surface area contributed by atoms with E-state index >= 15 is 0 Å². The normalized spacial score (nSPS) is 23.1. The Morgan fingerprint density at radius 1 is 1.22 bits per heavy atom. The van der Waals surface area contributed by atoms with Crippen molar-refractivity contribution in [2.24, 2.45) is 5.41 Å². The van der Waals surface area contributed by atoms with Gasteiger partial charge in [0.25, 0.3) is 5.91 Å². The fourth-order valence-electron chi connectivity index (χ4n) is 5.50. The molecule has 2 aromatic rings. The number of hydrogen-bond acceptors (Lipinski definition) is 4. The molecule has 36 heavy (non-hydrogen) atoms. The number of carbonyl (C=O) groups is 2. The van der Waals surface area contributed by atoms with Gasteiger partial charge in [-0.05, 0) is 36.8 Å². The van der Waals surface area contributed by atoms with Crippen molar-refractivity contribution in [2.45, 2.75) is 77.8 Å². The van der Waals surface area contributed by atoms with Crippen molar-refractivity contribution in [3.8, 4) is 0 Å². The van der Waals surface area contributed by atoms with E-state index in [1.807, 2.05) is 20.8 Å². The molecule has 0 radical (unpaired) electrons. The Hall–Kier alpha value is -2.82. The van der Waals surface area contributed by atoms with Crippen molar-refractivity contribution in [2.75, 3.05) is 6.54 Å². The zero-order chi connectivity index (χ0) is 26.6. The third-order valence-corrected chi connectivity index (χ3v) is 7.48. The second kappa shape index (κ2) is 9.24. The number of nitrogens with zero attached hydrogens (tertiary/aromatic N) is 5. The monoisotopic (exact) mass is 527 g/mol. The van der Waals surface area contributed by atoms with Gasteiger partial charge in [-0.25, -0.2) is 4.79 Å². The number of aromatic nitrogens is 3. The lowest BCUT2D eigenvalue weighted by atomic mass is 9.73. The van der Waals surface area contributed by atoms with Gasteiger partial charge in [-0.15, -0.1) is 10.2 Å². The number of amides is 2. The van der Waals surface area contributed by atoms with Crippen LogP contribution in [0.3, 0.4) is 0 Å². The van der Waals surface area contributed by atoms with Crippen molar-refractivity contribution in [1.29, 1.82) is 0 Å². The number of likely N-dealkylation sites (tertiary alicyclic amines) is 1. The zero-order valence-electron chi connectivity index (χ0n) is 20.5. The molecule has 0 aliphatic carbocycles. The maximum atomic E-state index is 13.4. The Bertz CT molecular complexity index is 1180. The molecule has 1 fully saturated rings. The van der Waals surface area contributed by atoms with Crippen molar-refractivity contribution in [3.05, 3.63) is 46.0 Å². The largest absolute Gasteiger partial charge is 0.465 e. The molecule has 0 bridgehead atoms. The molecule has 1 aromatic carbocycles. The highest BCUT2D eigenvalue weighted by Crippen LogP contribution is 2.42. The van der Waals surface area contributed by atoms with Gasteiger partial charge in [-0.1, -0.05) is 44.5 Å². The zero-order valence-corrected chi connectivity index (χ0v) is 21.3. The number of carbonyl (C=O) groups excluding carboxylic acids is 1. The number of alkyl halides is 3. The molecule has 12 heteroatoms. The molecule has 1 aromatic heterocycles. The molecule has 196 valence electrons. The van der Waals surface area contributed by atoms with Crippen molar-refractivity contribution in [3.63, 3.8) is 0 Å². The summed E-state index contributed by atoms with van der Waals surface area (Å²) in [7, 11) is 0. The second-order valence-corrected chi connectivity index (χ2v) is 11.0. The summed E-state index contributed by atoms with van der Waals surface area (Å²) >= 11 is 6.07. The van der Waals surface area contributed by atoms with Crippen LogP contribution in [0.4, 0.5) is 18.0 Å².